The van der Waals surface area contributed by atoms with Crippen molar-refractivity contribution in [3.8, 4) is 0 Å². The molecule has 2 N–H and O–H groups in total. The molecular formula is C24H28N6O2S. The molecular weight excluding hydrogens is 436 g/mol. The number of anilines is 1. The fourth-order valence-electron chi connectivity index (χ4n) is 4.61. The molecule has 0 atom stereocenters. The molecule has 1 aliphatic heterocycles. The Morgan fingerprint density at radius 1 is 1.18 bits per heavy atom. The summed E-state index contributed by atoms with van der Waals surface area (Å²) in [4.78, 5) is 36.3. The van der Waals surface area contributed by atoms with Gasteiger partial charge in [-0.15, -0.1) is 0 Å². The summed E-state index contributed by atoms with van der Waals surface area (Å²) in [5.74, 6) is -0.177. The lowest BCUT2D eigenvalue weighted by Gasteiger charge is -2.36. The maximum absolute atomic E-state index is 12.6. The van der Waals surface area contributed by atoms with Crippen LogP contribution in [0.25, 0.3) is 10.9 Å². The second-order valence-electron chi connectivity index (χ2n) is 8.81. The number of aromatic amines is 1. The van der Waals surface area contributed by atoms with Gasteiger partial charge in [0, 0.05) is 51.2 Å². The van der Waals surface area contributed by atoms with Crippen LogP contribution in [-0.2, 0) is 6.54 Å². The molecule has 1 aromatic carbocycles. The van der Waals surface area contributed by atoms with Crippen LogP contribution in [0.3, 0.4) is 0 Å². The Hall–Kier alpha value is -3.04. The van der Waals surface area contributed by atoms with E-state index in [1.54, 1.807) is 23.9 Å². The summed E-state index contributed by atoms with van der Waals surface area (Å²) < 4.78 is 2.41. The number of carbonyl (C=O) groups is 1. The summed E-state index contributed by atoms with van der Waals surface area (Å²) in [7, 11) is 1.60. The number of nitrogens with zero attached hydrogens (tertiary/aromatic N) is 4. The molecule has 0 unspecified atom stereocenters. The summed E-state index contributed by atoms with van der Waals surface area (Å²) in [6, 6.07) is 10.2. The van der Waals surface area contributed by atoms with Gasteiger partial charge in [-0.25, -0.2) is 9.78 Å². The van der Waals surface area contributed by atoms with E-state index in [-0.39, 0.29) is 17.6 Å². The summed E-state index contributed by atoms with van der Waals surface area (Å²) in [5, 5.41) is 3.53. The molecule has 2 fully saturated rings. The highest BCUT2D eigenvalue weighted by Crippen LogP contribution is 2.31. The molecule has 1 amide bonds. The normalized spacial score (nSPS) is 17.2. The number of nitrogens with one attached hydrogen (secondary N) is 2. The van der Waals surface area contributed by atoms with Crippen molar-refractivity contribution in [1.29, 1.82) is 0 Å². The van der Waals surface area contributed by atoms with Crippen LogP contribution in [0, 0.1) is 4.64 Å². The fourth-order valence-corrected chi connectivity index (χ4v) is 5.02. The average molecular weight is 465 g/mol. The maximum atomic E-state index is 12.6. The summed E-state index contributed by atoms with van der Waals surface area (Å²) >= 11 is 5.65. The van der Waals surface area contributed by atoms with Crippen LogP contribution >= 0.6 is 12.2 Å². The van der Waals surface area contributed by atoms with Crippen LogP contribution in [0.5, 0.6) is 0 Å². The van der Waals surface area contributed by atoms with Crippen molar-refractivity contribution >= 4 is 34.7 Å². The predicted octanol–water partition coefficient (Wildman–Crippen LogP) is 2.86. The number of hydrogen-bond donors (Lipinski definition) is 2. The van der Waals surface area contributed by atoms with Crippen LogP contribution in [0.2, 0.25) is 0 Å². The first-order chi connectivity index (χ1) is 16.0. The van der Waals surface area contributed by atoms with E-state index in [0.29, 0.717) is 10.3 Å². The highest BCUT2D eigenvalue weighted by atomic mass is 32.1. The van der Waals surface area contributed by atoms with E-state index in [4.69, 9.17) is 12.2 Å². The summed E-state index contributed by atoms with van der Waals surface area (Å²) in [6.07, 6.45) is 4.98. The first kappa shape index (κ1) is 21.8. The van der Waals surface area contributed by atoms with Crippen molar-refractivity contribution < 1.29 is 4.79 Å². The number of fused-ring (bicyclic) bond motifs is 1. The second-order valence-corrected chi connectivity index (χ2v) is 9.20. The van der Waals surface area contributed by atoms with E-state index >= 15 is 0 Å². The molecule has 33 heavy (non-hydrogen) atoms. The average Bonchev–Trinajstić information content (AvgIpc) is 2.80. The number of piperazine rings is 1. The van der Waals surface area contributed by atoms with Crippen LogP contribution in [0.15, 0.2) is 41.3 Å². The molecule has 3 heterocycles. The van der Waals surface area contributed by atoms with Crippen LogP contribution in [0.4, 0.5) is 5.69 Å². The van der Waals surface area contributed by atoms with Gasteiger partial charge < -0.3 is 15.2 Å². The zero-order chi connectivity index (χ0) is 22.9. The maximum Gasteiger partial charge on any atom is 0.327 e. The van der Waals surface area contributed by atoms with Crippen LogP contribution in [-0.4, -0.2) is 58.6 Å². The van der Waals surface area contributed by atoms with Gasteiger partial charge in [0.2, 0.25) is 0 Å². The van der Waals surface area contributed by atoms with E-state index in [1.165, 1.54) is 5.56 Å². The Kier molecular flexibility index (Phi) is 5.99. The minimum atomic E-state index is -0.177. The van der Waals surface area contributed by atoms with E-state index in [0.717, 1.165) is 68.6 Å². The van der Waals surface area contributed by atoms with Crippen molar-refractivity contribution in [1.82, 2.24) is 24.8 Å². The summed E-state index contributed by atoms with van der Waals surface area (Å²) in [6.45, 7) is 4.46. The molecule has 2 aliphatic rings. The number of amides is 1. The number of aromatic nitrogens is 3. The first-order valence-corrected chi connectivity index (χ1v) is 11.9. The summed E-state index contributed by atoms with van der Waals surface area (Å²) in [5.41, 5.74) is 3.34. The minimum Gasteiger partial charge on any atom is -0.368 e. The number of H-pyrrole nitrogens is 1. The molecule has 0 radical (unpaired) electrons. The third-order valence-electron chi connectivity index (χ3n) is 6.78. The van der Waals surface area contributed by atoms with Crippen molar-refractivity contribution in [2.24, 2.45) is 0 Å². The van der Waals surface area contributed by atoms with Crippen molar-refractivity contribution in [2.45, 2.75) is 31.8 Å². The minimum absolute atomic E-state index is 0.0981. The molecule has 1 saturated carbocycles. The van der Waals surface area contributed by atoms with E-state index in [9.17, 15) is 9.59 Å². The lowest BCUT2D eigenvalue weighted by Crippen LogP contribution is -2.46. The van der Waals surface area contributed by atoms with Gasteiger partial charge in [-0.2, -0.15) is 0 Å². The van der Waals surface area contributed by atoms with Gasteiger partial charge in [-0.05, 0) is 49.1 Å². The zero-order valence-corrected chi connectivity index (χ0v) is 19.5. The molecule has 1 aliphatic carbocycles. The molecule has 0 spiro atoms. The van der Waals surface area contributed by atoms with E-state index in [1.807, 2.05) is 12.1 Å². The van der Waals surface area contributed by atoms with Gasteiger partial charge in [0.05, 0.1) is 17.4 Å². The Morgan fingerprint density at radius 2 is 1.97 bits per heavy atom. The second kappa shape index (κ2) is 9.07. The van der Waals surface area contributed by atoms with Gasteiger partial charge in [-0.3, -0.25) is 14.3 Å². The van der Waals surface area contributed by atoms with Gasteiger partial charge in [0.15, 0.2) is 0 Å². The zero-order valence-electron chi connectivity index (χ0n) is 18.7. The molecule has 2 aromatic heterocycles. The molecule has 3 aromatic rings. The van der Waals surface area contributed by atoms with Crippen molar-refractivity contribution in [3.63, 3.8) is 0 Å². The third kappa shape index (κ3) is 4.30. The largest absolute Gasteiger partial charge is 0.368 e. The van der Waals surface area contributed by atoms with Gasteiger partial charge in [0.1, 0.15) is 10.3 Å². The lowest BCUT2D eigenvalue weighted by atomic mass is 9.93. The van der Waals surface area contributed by atoms with Gasteiger partial charge in [0.25, 0.3) is 5.91 Å². The van der Waals surface area contributed by atoms with Crippen molar-refractivity contribution in [3.05, 3.63) is 62.9 Å². The monoisotopic (exact) mass is 464 g/mol. The Labute approximate surface area is 197 Å². The standard InChI is InChI=1S/C24H28N6O2S/c1-25-22(31)20-8-6-18(14-26-20)29-11-9-28(10-12-29)15-16-5-7-19-21(13-16)27-24(32)30(23(19)33)17-3-2-4-17/h5-8,13-14,17H,2-4,9-12,15H2,1H3,(H,25,31)(H,27,32). The molecule has 9 heteroatoms. The predicted molar refractivity (Wildman–Crippen MR) is 131 cm³/mol. The first-order valence-electron chi connectivity index (χ1n) is 11.5. The fraction of sp³-hybridized carbons (Fsp3) is 0.417. The number of pyridine rings is 1. The Balaban J connectivity index is 1.25. The lowest BCUT2D eigenvalue weighted by molar-refractivity contribution is 0.0958. The number of hydrogen-bond acceptors (Lipinski definition) is 6. The quantitative estimate of drug-likeness (QED) is 0.565. The van der Waals surface area contributed by atoms with Crippen LogP contribution in [0.1, 0.15) is 41.4 Å². The van der Waals surface area contributed by atoms with Crippen LogP contribution < -0.4 is 15.9 Å². The van der Waals surface area contributed by atoms with E-state index < -0.39 is 0 Å². The highest BCUT2D eigenvalue weighted by Gasteiger charge is 2.23. The highest BCUT2D eigenvalue weighted by molar-refractivity contribution is 7.71. The SMILES string of the molecule is CNC(=O)c1ccc(N2CCN(Cc3ccc4c(=S)n(C5CCC5)c(=O)[nH]c4c3)CC2)cn1. The van der Waals surface area contributed by atoms with Gasteiger partial charge in [-0.1, -0.05) is 18.3 Å². The molecule has 0 bridgehead atoms. The Bertz CT molecular complexity index is 1290. The topological polar surface area (TPSA) is 86.3 Å². The number of rotatable bonds is 5. The number of benzene rings is 1. The molecule has 8 nitrogen and oxygen atoms in total. The Morgan fingerprint density at radius 3 is 2.61 bits per heavy atom. The molecule has 5 rings (SSSR count). The third-order valence-corrected chi connectivity index (χ3v) is 7.20. The smallest absolute Gasteiger partial charge is 0.327 e. The number of carbonyl (C=O) groups excluding carboxylic acids is 1. The molecule has 1 saturated heterocycles. The van der Waals surface area contributed by atoms with E-state index in [2.05, 4.69) is 37.2 Å². The van der Waals surface area contributed by atoms with Crippen molar-refractivity contribution in [2.75, 3.05) is 38.1 Å². The van der Waals surface area contributed by atoms with Gasteiger partial charge >= 0.3 is 5.69 Å². The molecule has 172 valence electrons.